The van der Waals surface area contributed by atoms with Crippen molar-refractivity contribution in [3.63, 3.8) is 0 Å². The monoisotopic (exact) mass is 316 g/mol. The smallest absolute Gasteiger partial charge is 0.124 e. The predicted octanol–water partition coefficient (Wildman–Crippen LogP) is 3.75. The third kappa shape index (κ3) is 5.58. The van der Waals surface area contributed by atoms with Gasteiger partial charge in [-0.2, -0.15) is 0 Å². The van der Waals surface area contributed by atoms with Crippen LogP contribution in [0.15, 0.2) is 42.5 Å². The fourth-order valence-corrected chi connectivity index (χ4v) is 2.22. The summed E-state index contributed by atoms with van der Waals surface area (Å²) < 4.78 is 21.8. The summed E-state index contributed by atoms with van der Waals surface area (Å²) in [6.07, 6.45) is 0. The van der Waals surface area contributed by atoms with Crippen molar-refractivity contribution in [2.75, 3.05) is 27.4 Å². The molecule has 124 valence electrons. The highest BCUT2D eigenvalue weighted by atomic mass is 16.5. The van der Waals surface area contributed by atoms with Gasteiger partial charge in [-0.3, -0.25) is 0 Å². The SMILES string of the molecule is COc1cccc(COCCOCc2ccc(C)cc2OC)c1. The largest absolute Gasteiger partial charge is 0.497 e. The van der Waals surface area contributed by atoms with Crippen LogP contribution in [0.4, 0.5) is 0 Å². The van der Waals surface area contributed by atoms with Crippen molar-refractivity contribution in [1.29, 1.82) is 0 Å². The molecule has 23 heavy (non-hydrogen) atoms. The van der Waals surface area contributed by atoms with Crippen LogP contribution in [0.5, 0.6) is 11.5 Å². The zero-order valence-electron chi connectivity index (χ0n) is 14.0. The number of methoxy groups -OCH3 is 2. The highest BCUT2D eigenvalue weighted by molar-refractivity contribution is 5.36. The molecule has 2 aromatic carbocycles. The maximum Gasteiger partial charge on any atom is 0.124 e. The average molecular weight is 316 g/mol. The predicted molar refractivity (Wildman–Crippen MR) is 90.0 cm³/mol. The van der Waals surface area contributed by atoms with Crippen LogP contribution in [0.1, 0.15) is 16.7 Å². The fraction of sp³-hybridized carbons (Fsp3) is 0.368. The molecule has 0 heterocycles. The number of hydrogen-bond donors (Lipinski definition) is 0. The van der Waals surface area contributed by atoms with Gasteiger partial charge in [-0.1, -0.05) is 24.3 Å². The summed E-state index contributed by atoms with van der Waals surface area (Å²) in [4.78, 5) is 0. The van der Waals surface area contributed by atoms with Gasteiger partial charge in [0.1, 0.15) is 11.5 Å². The zero-order valence-corrected chi connectivity index (χ0v) is 14.0. The second-order valence-electron chi connectivity index (χ2n) is 5.27. The van der Waals surface area contributed by atoms with E-state index in [1.807, 2.05) is 43.3 Å². The molecule has 2 aromatic rings. The lowest BCUT2D eigenvalue weighted by molar-refractivity contribution is 0.0333. The van der Waals surface area contributed by atoms with Crippen LogP contribution in [-0.4, -0.2) is 27.4 Å². The Hall–Kier alpha value is -2.04. The van der Waals surface area contributed by atoms with Crippen molar-refractivity contribution in [1.82, 2.24) is 0 Å². The summed E-state index contributed by atoms with van der Waals surface area (Å²) in [5.74, 6) is 1.70. The Balaban J connectivity index is 1.68. The van der Waals surface area contributed by atoms with Crippen molar-refractivity contribution in [2.45, 2.75) is 20.1 Å². The Morgan fingerprint density at radius 1 is 0.826 bits per heavy atom. The standard InChI is InChI=1S/C19H24O4/c1-15-7-8-17(19(11-15)21-3)14-23-10-9-22-13-16-5-4-6-18(12-16)20-2/h4-8,11-12H,9-10,13-14H2,1-3H3. The second-order valence-corrected chi connectivity index (χ2v) is 5.27. The topological polar surface area (TPSA) is 36.9 Å². The molecule has 0 aliphatic carbocycles. The van der Waals surface area contributed by atoms with E-state index in [2.05, 4.69) is 6.07 Å². The first-order valence-electron chi connectivity index (χ1n) is 7.65. The number of rotatable bonds is 9. The third-order valence-corrected chi connectivity index (χ3v) is 3.48. The van der Waals surface area contributed by atoms with Gasteiger partial charge in [0.05, 0.1) is 40.6 Å². The van der Waals surface area contributed by atoms with Gasteiger partial charge in [-0.25, -0.2) is 0 Å². The molecule has 4 nitrogen and oxygen atoms in total. The van der Waals surface area contributed by atoms with Gasteiger partial charge in [-0.15, -0.1) is 0 Å². The van der Waals surface area contributed by atoms with Crippen LogP contribution in [0, 0.1) is 6.92 Å². The van der Waals surface area contributed by atoms with Crippen molar-refractivity contribution >= 4 is 0 Å². The van der Waals surface area contributed by atoms with Crippen molar-refractivity contribution in [3.05, 3.63) is 59.2 Å². The van der Waals surface area contributed by atoms with E-state index in [4.69, 9.17) is 18.9 Å². The van der Waals surface area contributed by atoms with Gasteiger partial charge in [0, 0.05) is 5.56 Å². The van der Waals surface area contributed by atoms with Crippen molar-refractivity contribution in [3.8, 4) is 11.5 Å². The number of benzene rings is 2. The van der Waals surface area contributed by atoms with Gasteiger partial charge >= 0.3 is 0 Å². The Morgan fingerprint density at radius 2 is 1.61 bits per heavy atom. The molecule has 2 rings (SSSR count). The molecule has 0 aliphatic rings. The fourth-order valence-electron chi connectivity index (χ4n) is 2.22. The highest BCUT2D eigenvalue weighted by Gasteiger charge is 2.03. The van der Waals surface area contributed by atoms with Gasteiger partial charge in [-0.05, 0) is 36.2 Å². The third-order valence-electron chi connectivity index (χ3n) is 3.48. The van der Waals surface area contributed by atoms with Crippen molar-refractivity contribution in [2.24, 2.45) is 0 Å². The Morgan fingerprint density at radius 3 is 2.35 bits per heavy atom. The Labute approximate surface area is 137 Å². The van der Waals surface area contributed by atoms with Crippen LogP contribution in [0.25, 0.3) is 0 Å². The van der Waals surface area contributed by atoms with Crippen LogP contribution in [0.3, 0.4) is 0 Å². The number of aryl methyl sites for hydroxylation is 1. The molecular formula is C19H24O4. The first-order valence-corrected chi connectivity index (χ1v) is 7.65. The molecule has 0 radical (unpaired) electrons. The maximum absolute atomic E-state index is 5.66. The molecule has 0 bridgehead atoms. The summed E-state index contributed by atoms with van der Waals surface area (Å²) >= 11 is 0. The minimum atomic E-state index is 0.520. The average Bonchev–Trinajstić information content (AvgIpc) is 2.59. The van der Waals surface area contributed by atoms with Crippen molar-refractivity contribution < 1.29 is 18.9 Å². The molecule has 4 heteroatoms. The number of hydrogen-bond acceptors (Lipinski definition) is 4. The van der Waals surface area contributed by atoms with Gasteiger partial charge < -0.3 is 18.9 Å². The highest BCUT2D eigenvalue weighted by Crippen LogP contribution is 2.20. The molecule has 0 atom stereocenters. The summed E-state index contributed by atoms with van der Waals surface area (Å²) in [5.41, 5.74) is 3.31. The maximum atomic E-state index is 5.66. The summed E-state index contributed by atoms with van der Waals surface area (Å²) in [5, 5.41) is 0. The minimum absolute atomic E-state index is 0.520. The Kier molecular flexibility index (Phi) is 6.91. The van der Waals surface area contributed by atoms with Crippen LogP contribution in [0.2, 0.25) is 0 Å². The Bertz CT molecular complexity index is 610. The normalized spacial score (nSPS) is 10.6. The van der Waals surface area contributed by atoms with Crippen LogP contribution < -0.4 is 9.47 Å². The summed E-state index contributed by atoms with van der Waals surface area (Å²) in [6, 6.07) is 14.0. The minimum Gasteiger partial charge on any atom is -0.497 e. The molecule has 0 spiro atoms. The van der Waals surface area contributed by atoms with E-state index >= 15 is 0 Å². The van der Waals surface area contributed by atoms with E-state index in [9.17, 15) is 0 Å². The summed E-state index contributed by atoms with van der Waals surface area (Å²) in [7, 11) is 3.34. The molecule has 0 saturated carbocycles. The van der Waals surface area contributed by atoms with Gasteiger partial charge in [0.25, 0.3) is 0 Å². The number of ether oxygens (including phenoxy) is 4. The molecule has 0 unspecified atom stereocenters. The van der Waals surface area contributed by atoms with Gasteiger partial charge in [0.15, 0.2) is 0 Å². The van der Waals surface area contributed by atoms with E-state index in [1.165, 1.54) is 5.56 Å². The molecule has 0 saturated heterocycles. The molecule has 0 aromatic heterocycles. The lowest BCUT2D eigenvalue weighted by atomic mass is 10.1. The summed E-state index contributed by atoms with van der Waals surface area (Å²) in [6.45, 7) is 4.20. The van der Waals surface area contributed by atoms with E-state index in [0.29, 0.717) is 26.4 Å². The quantitative estimate of drug-likeness (QED) is 0.660. The lowest BCUT2D eigenvalue weighted by Crippen LogP contribution is -2.05. The first-order chi connectivity index (χ1) is 11.2. The first kappa shape index (κ1) is 17.3. The van der Waals surface area contributed by atoms with Crippen LogP contribution >= 0.6 is 0 Å². The van der Waals surface area contributed by atoms with E-state index < -0.39 is 0 Å². The van der Waals surface area contributed by atoms with E-state index in [-0.39, 0.29) is 0 Å². The van der Waals surface area contributed by atoms with E-state index in [0.717, 1.165) is 22.6 Å². The molecular weight excluding hydrogens is 292 g/mol. The van der Waals surface area contributed by atoms with Gasteiger partial charge in [0.2, 0.25) is 0 Å². The molecule has 0 N–H and O–H groups in total. The molecule has 0 fully saturated rings. The molecule has 0 aliphatic heterocycles. The lowest BCUT2D eigenvalue weighted by Gasteiger charge is -2.10. The second kappa shape index (κ2) is 9.18. The van der Waals surface area contributed by atoms with E-state index in [1.54, 1.807) is 14.2 Å². The zero-order chi connectivity index (χ0) is 16.5. The molecule has 0 amide bonds. The van der Waals surface area contributed by atoms with Crippen LogP contribution in [-0.2, 0) is 22.7 Å².